The Kier molecular flexibility index (Phi) is 1.13. The molecule has 0 radical (unpaired) electrons. The van der Waals surface area contributed by atoms with E-state index in [4.69, 9.17) is 0 Å². The summed E-state index contributed by atoms with van der Waals surface area (Å²) in [6.45, 7) is 2.95. The van der Waals surface area contributed by atoms with Crippen molar-refractivity contribution in [2.24, 2.45) is 4.99 Å². The average molecular weight is 134 g/mol. The molecule has 0 N–H and O–H groups in total. The molecule has 0 bridgehead atoms. The van der Waals surface area contributed by atoms with Gasteiger partial charge in [0.05, 0.1) is 6.04 Å². The number of rotatable bonds is 0. The summed E-state index contributed by atoms with van der Waals surface area (Å²) in [6.07, 6.45) is 8.36. The number of allylic oxidation sites excluding steroid dienone is 3. The maximum Gasteiger partial charge on any atom is 0.110 e. The maximum atomic E-state index is 4.19. The molecule has 52 valence electrons. The van der Waals surface area contributed by atoms with Gasteiger partial charge in [-0.3, -0.25) is 4.99 Å². The molecule has 1 unspecified atom stereocenters. The van der Waals surface area contributed by atoms with Crippen LogP contribution in [0.15, 0.2) is 28.9 Å². The molecule has 2 nitrogen and oxygen atoms in total. The highest BCUT2D eigenvalue weighted by atomic mass is 15.3. The SMILES string of the molecule is CC1=CC=CC2C=NCN12. The van der Waals surface area contributed by atoms with Crippen LogP contribution in [0.5, 0.6) is 0 Å². The fourth-order valence-corrected chi connectivity index (χ4v) is 1.32. The van der Waals surface area contributed by atoms with Crippen molar-refractivity contribution in [1.82, 2.24) is 4.90 Å². The second-order valence-electron chi connectivity index (χ2n) is 2.63. The van der Waals surface area contributed by atoms with E-state index in [1.807, 2.05) is 6.21 Å². The summed E-state index contributed by atoms with van der Waals surface area (Å²) in [4.78, 5) is 6.45. The molecule has 1 atom stereocenters. The van der Waals surface area contributed by atoms with Crippen molar-refractivity contribution < 1.29 is 0 Å². The second-order valence-corrected chi connectivity index (χ2v) is 2.63. The van der Waals surface area contributed by atoms with Gasteiger partial charge in [-0.05, 0) is 13.0 Å². The zero-order valence-corrected chi connectivity index (χ0v) is 5.99. The fraction of sp³-hybridized carbons (Fsp3) is 0.375. The molecule has 0 aromatic rings. The first-order valence-corrected chi connectivity index (χ1v) is 3.49. The minimum atomic E-state index is 0.435. The highest BCUT2D eigenvalue weighted by molar-refractivity contribution is 5.70. The van der Waals surface area contributed by atoms with Crippen LogP contribution in [-0.4, -0.2) is 23.8 Å². The van der Waals surface area contributed by atoms with Crippen LogP contribution in [-0.2, 0) is 0 Å². The van der Waals surface area contributed by atoms with Crippen molar-refractivity contribution >= 4 is 6.21 Å². The zero-order chi connectivity index (χ0) is 6.97. The summed E-state index contributed by atoms with van der Waals surface area (Å²) < 4.78 is 0. The van der Waals surface area contributed by atoms with Crippen LogP contribution in [0.2, 0.25) is 0 Å². The van der Waals surface area contributed by atoms with Crippen LogP contribution in [0, 0.1) is 0 Å². The lowest BCUT2D eigenvalue weighted by Crippen LogP contribution is -2.29. The number of hydrogen-bond donors (Lipinski definition) is 0. The summed E-state index contributed by atoms with van der Waals surface area (Å²) in [7, 11) is 0. The molecular formula is C8H10N2. The van der Waals surface area contributed by atoms with Crippen molar-refractivity contribution in [2.45, 2.75) is 13.0 Å². The van der Waals surface area contributed by atoms with E-state index in [0.717, 1.165) is 6.67 Å². The monoisotopic (exact) mass is 134 g/mol. The van der Waals surface area contributed by atoms with Gasteiger partial charge in [0.1, 0.15) is 6.67 Å². The van der Waals surface area contributed by atoms with Gasteiger partial charge >= 0.3 is 0 Å². The van der Waals surface area contributed by atoms with E-state index in [1.165, 1.54) is 5.70 Å². The smallest absolute Gasteiger partial charge is 0.110 e. The minimum absolute atomic E-state index is 0.435. The van der Waals surface area contributed by atoms with Gasteiger partial charge in [-0.25, -0.2) is 0 Å². The standard InChI is InChI=1S/C8H10N2/c1-7-3-2-4-8-5-9-6-10(7)8/h2-5,8H,6H2,1H3. The summed E-state index contributed by atoms with van der Waals surface area (Å²) in [6, 6.07) is 0.435. The minimum Gasteiger partial charge on any atom is -0.344 e. The van der Waals surface area contributed by atoms with Gasteiger partial charge in [0.15, 0.2) is 0 Å². The van der Waals surface area contributed by atoms with Crippen LogP contribution in [0.25, 0.3) is 0 Å². The van der Waals surface area contributed by atoms with Gasteiger partial charge in [0.2, 0.25) is 0 Å². The Labute approximate surface area is 60.6 Å². The van der Waals surface area contributed by atoms with E-state index in [-0.39, 0.29) is 0 Å². The predicted octanol–water partition coefficient (Wildman–Crippen LogP) is 1.17. The molecule has 0 amide bonds. The molecule has 0 saturated carbocycles. The molecule has 2 aliphatic heterocycles. The molecule has 0 aromatic carbocycles. The Morgan fingerprint density at radius 3 is 3.40 bits per heavy atom. The van der Waals surface area contributed by atoms with Gasteiger partial charge < -0.3 is 4.90 Å². The lowest BCUT2D eigenvalue weighted by atomic mass is 10.2. The van der Waals surface area contributed by atoms with Crippen molar-refractivity contribution in [2.75, 3.05) is 6.67 Å². The molecule has 2 heteroatoms. The van der Waals surface area contributed by atoms with Gasteiger partial charge in [-0.15, -0.1) is 0 Å². The second kappa shape index (κ2) is 1.97. The highest BCUT2D eigenvalue weighted by Gasteiger charge is 2.19. The number of nitrogens with zero attached hydrogens (tertiary/aromatic N) is 2. The summed E-state index contributed by atoms with van der Waals surface area (Å²) in [5.74, 6) is 0. The van der Waals surface area contributed by atoms with Gasteiger partial charge in [-0.2, -0.15) is 0 Å². The van der Waals surface area contributed by atoms with Crippen molar-refractivity contribution in [3.63, 3.8) is 0 Å². The van der Waals surface area contributed by atoms with Crippen LogP contribution in [0.4, 0.5) is 0 Å². The van der Waals surface area contributed by atoms with Crippen molar-refractivity contribution in [3.8, 4) is 0 Å². The fourth-order valence-electron chi connectivity index (χ4n) is 1.32. The van der Waals surface area contributed by atoms with E-state index in [2.05, 4.69) is 35.0 Å². The van der Waals surface area contributed by atoms with Crippen LogP contribution >= 0.6 is 0 Å². The first-order chi connectivity index (χ1) is 4.88. The van der Waals surface area contributed by atoms with Crippen LogP contribution in [0.3, 0.4) is 0 Å². The Morgan fingerprint density at radius 2 is 2.60 bits per heavy atom. The van der Waals surface area contributed by atoms with Crippen molar-refractivity contribution in [1.29, 1.82) is 0 Å². The number of aliphatic imine (C=N–C) groups is 1. The van der Waals surface area contributed by atoms with Gasteiger partial charge in [-0.1, -0.05) is 12.2 Å². The number of hydrogen-bond acceptors (Lipinski definition) is 2. The average Bonchev–Trinajstić information content (AvgIpc) is 2.36. The Hall–Kier alpha value is -1.05. The largest absolute Gasteiger partial charge is 0.344 e. The summed E-state index contributed by atoms with van der Waals surface area (Å²) >= 11 is 0. The molecule has 2 rings (SSSR count). The van der Waals surface area contributed by atoms with Crippen molar-refractivity contribution in [3.05, 3.63) is 23.9 Å². The molecule has 0 aromatic heterocycles. The first kappa shape index (κ1) is 5.71. The predicted molar refractivity (Wildman–Crippen MR) is 41.9 cm³/mol. The van der Waals surface area contributed by atoms with E-state index in [9.17, 15) is 0 Å². The molecule has 0 saturated heterocycles. The van der Waals surface area contributed by atoms with E-state index in [1.54, 1.807) is 0 Å². The zero-order valence-electron chi connectivity index (χ0n) is 5.99. The molecule has 2 heterocycles. The summed E-state index contributed by atoms with van der Waals surface area (Å²) in [5.41, 5.74) is 1.31. The quantitative estimate of drug-likeness (QED) is 0.485. The first-order valence-electron chi connectivity index (χ1n) is 3.49. The third-order valence-corrected chi connectivity index (χ3v) is 1.95. The van der Waals surface area contributed by atoms with Gasteiger partial charge in [0.25, 0.3) is 0 Å². The molecular weight excluding hydrogens is 124 g/mol. The van der Waals surface area contributed by atoms with Crippen LogP contribution < -0.4 is 0 Å². The third-order valence-electron chi connectivity index (χ3n) is 1.95. The Balaban J connectivity index is 2.29. The molecule has 0 fully saturated rings. The molecule has 10 heavy (non-hydrogen) atoms. The highest BCUT2D eigenvalue weighted by Crippen LogP contribution is 2.17. The van der Waals surface area contributed by atoms with E-state index < -0.39 is 0 Å². The lowest BCUT2D eigenvalue weighted by molar-refractivity contribution is 0.378. The third kappa shape index (κ3) is 0.685. The summed E-state index contributed by atoms with van der Waals surface area (Å²) in [5, 5.41) is 0. The Morgan fingerprint density at radius 1 is 1.70 bits per heavy atom. The van der Waals surface area contributed by atoms with E-state index >= 15 is 0 Å². The molecule has 2 aliphatic rings. The molecule has 0 spiro atoms. The normalized spacial score (nSPS) is 28.7. The number of fused-ring (bicyclic) bond motifs is 1. The van der Waals surface area contributed by atoms with E-state index in [0.29, 0.717) is 6.04 Å². The molecule has 0 aliphatic carbocycles. The maximum absolute atomic E-state index is 4.19. The lowest BCUT2D eigenvalue weighted by Gasteiger charge is -2.25. The Bertz CT molecular complexity index is 225. The van der Waals surface area contributed by atoms with Crippen LogP contribution in [0.1, 0.15) is 6.92 Å². The topological polar surface area (TPSA) is 15.6 Å². The van der Waals surface area contributed by atoms with Gasteiger partial charge in [0, 0.05) is 11.9 Å².